The van der Waals surface area contributed by atoms with Crippen LogP contribution in [0, 0.1) is 11.6 Å². The van der Waals surface area contributed by atoms with Crippen molar-refractivity contribution in [2.24, 2.45) is 0 Å². The molecule has 0 bridgehead atoms. The number of sulfonamides is 1. The predicted octanol–water partition coefficient (Wildman–Crippen LogP) is 0.686. The molecule has 3 rings (SSSR count). The lowest BCUT2D eigenvalue weighted by molar-refractivity contribution is 0.529. The monoisotopic (exact) mass is 381 g/mol. The van der Waals surface area contributed by atoms with Gasteiger partial charge in [0.1, 0.15) is 16.5 Å². The van der Waals surface area contributed by atoms with E-state index in [2.05, 4.69) is 14.9 Å². The molecule has 0 aliphatic rings. The molecule has 0 aliphatic carbocycles. The Morgan fingerprint density at radius 3 is 2.69 bits per heavy atom. The maximum atomic E-state index is 13.6. The van der Waals surface area contributed by atoms with Crippen molar-refractivity contribution < 1.29 is 17.2 Å². The highest BCUT2D eigenvalue weighted by Crippen LogP contribution is 2.15. The summed E-state index contributed by atoms with van der Waals surface area (Å²) in [6, 6.07) is 6.55. The number of nitrogens with zero attached hydrogens (tertiary/aromatic N) is 4. The van der Waals surface area contributed by atoms with Gasteiger partial charge in [-0.3, -0.25) is 4.79 Å². The quantitative estimate of drug-likeness (QED) is 0.677. The van der Waals surface area contributed by atoms with Crippen LogP contribution in [0.2, 0.25) is 0 Å². The molecule has 1 aromatic carbocycles. The normalized spacial score (nSPS) is 11.6. The summed E-state index contributed by atoms with van der Waals surface area (Å²) in [7, 11) is -4.28. The van der Waals surface area contributed by atoms with Crippen LogP contribution in [0.1, 0.15) is 0 Å². The summed E-state index contributed by atoms with van der Waals surface area (Å²) in [5, 5.41) is 8.06. The molecule has 0 aliphatic heterocycles. The van der Waals surface area contributed by atoms with Crippen molar-refractivity contribution in [3.05, 3.63) is 70.8 Å². The molecule has 0 fully saturated rings. The van der Waals surface area contributed by atoms with Crippen molar-refractivity contribution in [2.45, 2.75) is 11.4 Å². The first-order valence-electron chi connectivity index (χ1n) is 7.40. The molecule has 3 aromatic rings. The van der Waals surface area contributed by atoms with Crippen molar-refractivity contribution in [1.29, 1.82) is 0 Å². The Balaban J connectivity index is 1.74. The Morgan fingerprint density at radius 2 is 1.96 bits per heavy atom. The summed E-state index contributed by atoms with van der Waals surface area (Å²) in [5.41, 5.74) is -0.447. The van der Waals surface area contributed by atoms with Gasteiger partial charge in [-0.2, -0.15) is 5.10 Å². The Morgan fingerprint density at radius 1 is 1.15 bits per heavy atom. The van der Waals surface area contributed by atoms with Gasteiger partial charge in [-0.25, -0.2) is 31.3 Å². The Kier molecular flexibility index (Phi) is 4.91. The summed E-state index contributed by atoms with van der Waals surface area (Å²) in [6.45, 7) is -0.349. The van der Waals surface area contributed by atoms with Gasteiger partial charge >= 0.3 is 0 Å². The highest BCUT2D eigenvalue weighted by Gasteiger charge is 2.19. The molecule has 0 amide bonds. The van der Waals surface area contributed by atoms with Gasteiger partial charge in [0.25, 0.3) is 5.56 Å². The zero-order chi connectivity index (χ0) is 18.7. The van der Waals surface area contributed by atoms with Crippen LogP contribution >= 0.6 is 0 Å². The lowest BCUT2D eigenvalue weighted by Gasteiger charge is -2.09. The van der Waals surface area contributed by atoms with Gasteiger partial charge in [-0.05, 0) is 30.3 Å². The minimum atomic E-state index is -4.28. The van der Waals surface area contributed by atoms with E-state index in [1.165, 1.54) is 16.8 Å². The maximum absolute atomic E-state index is 13.6. The van der Waals surface area contributed by atoms with E-state index >= 15 is 0 Å². The van der Waals surface area contributed by atoms with Crippen LogP contribution in [-0.4, -0.2) is 34.5 Å². The lowest BCUT2D eigenvalue weighted by atomic mass is 10.3. The van der Waals surface area contributed by atoms with Crippen molar-refractivity contribution >= 4 is 10.0 Å². The molecule has 0 unspecified atom stereocenters. The minimum absolute atomic E-state index is 0.107. The van der Waals surface area contributed by atoms with Crippen LogP contribution in [0.3, 0.4) is 0 Å². The van der Waals surface area contributed by atoms with Gasteiger partial charge in [-0.15, -0.1) is 5.10 Å². The first-order valence-corrected chi connectivity index (χ1v) is 8.88. The Hall–Kier alpha value is -2.92. The third-order valence-corrected chi connectivity index (χ3v) is 4.87. The van der Waals surface area contributed by atoms with Gasteiger partial charge in [0.15, 0.2) is 5.82 Å². The molecule has 0 saturated carbocycles. The molecular formula is C15H13F2N5O3S. The second-order valence-corrected chi connectivity index (χ2v) is 6.91. The molecule has 0 saturated heterocycles. The largest absolute Gasteiger partial charge is 0.268 e. The molecule has 0 atom stereocenters. The average molecular weight is 381 g/mol. The SMILES string of the molecule is O=c1ccc(-n2cccn2)nn1CCNS(=O)(=O)c1cc(F)ccc1F. The standard InChI is InChI=1S/C15H13F2N5O3S/c16-11-2-3-12(17)13(10-11)26(24,25)19-7-9-22-15(23)5-4-14(20-22)21-8-1-6-18-21/h1-6,8,10,19H,7,9H2. The molecule has 2 aromatic heterocycles. The van der Waals surface area contributed by atoms with E-state index in [0.717, 1.165) is 16.8 Å². The van der Waals surface area contributed by atoms with E-state index in [0.29, 0.717) is 11.9 Å². The van der Waals surface area contributed by atoms with Crippen LogP contribution < -0.4 is 10.3 Å². The van der Waals surface area contributed by atoms with E-state index in [1.54, 1.807) is 18.5 Å². The number of benzene rings is 1. The van der Waals surface area contributed by atoms with E-state index in [-0.39, 0.29) is 13.1 Å². The van der Waals surface area contributed by atoms with Crippen molar-refractivity contribution in [1.82, 2.24) is 24.3 Å². The summed E-state index contributed by atoms with van der Waals surface area (Å²) in [4.78, 5) is 11.0. The third-order valence-electron chi connectivity index (χ3n) is 3.39. The second kappa shape index (κ2) is 7.14. The van der Waals surface area contributed by atoms with Crippen LogP contribution in [0.15, 0.2) is 58.5 Å². The molecule has 26 heavy (non-hydrogen) atoms. The zero-order valence-electron chi connectivity index (χ0n) is 13.2. The summed E-state index contributed by atoms with van der Waals surface area (Å²) < 4.78 is 55.6. The van der Waals surface area contributed by atoms with E-state index in [1.807, 2.05) is 0 Å². The molecule has 136 valence electrons. The maximum Gasteiger partial charge on any atom is 0.266 e. The smallest absolute Gasteiger partial charge is 0.266 e. The topological polar surface area (TPSA) is 98.9 Å². The number of aromatic nitrogens is 4. The first-order chi connectivity index (χ1) is 12.4. The van der Waals surface area contributed by atoms with E-state index in [4.69, 9.17) is 0 Å². The van der Waals surface area contributed by atoms with Crippen LogP contribution in [0.25, 0.3) is 5.82 Å². The predicted molar refractivity (Wildman–Crippen MR) is 87.2 cm³/mol. The first kappa shape index (κ1) is 17.9. The Bertz CT molecular complexity index is 1080. The number of nitrogens with one attached hydrogen (secondary N) is 1. The van der Waals surface area contributed by atoms with E-state index in [9.17, 15) is 22.0 Å². The van der Waals surface area contributed by atoms with Crippen LogP contribution in [0.5, 0.6) is 0 Å². The number of rotatable bonds is 6. The molecule has 2 heterocycles. The van der Waals surface area contributed by atoms with E-state index < -0.39 is 32.1 Å². The molecule has 8 nitrogen and oxygen atoms in total. The molecule has 1 N–H and O–H groups in total. The lowest BCUT2D eigenvalue weighted by Crippen LogP contribution is -2.32. The molecule has 0 radical (unpaired) electrons. The zero-order valence-corrected chi connectivity index (χ0v) is 14.0. The fraction of sp³-hybridized carbons (Fsp3) is 0.133. The van der Waals surface area contributed by atoms with Gasteiger partial charge in [0.2, 0.25) is 10.0 Å². The van der Waals surface area contributed by atoms with Crippen LogP contribution in [0.4, 0.5) is 8.78 Å². The average Bonchev–Trinajstić information content (AvgIpc) is 3.13. The number of hydrogen-bond donors (Lipinski definition) is 1. The highest BCUT2D eigenvalue weighted by atomic mass is 32.2. The molecule has 11 heteroatoms. The molecule has 0 spiro atoms. The fourth-order valence-electron chi connectivity index (χ4n) is 2.17. The minimum Gasteiger partial charge on any atom is -0.268 e. The van der Waals surface area contributed by atoms with Gasteiger partial charge in [-0.1, -0.05) is 0 Å². The van der Waals surface area contributed by atoms with Crippen LogP contribution in [-0.2, 0) is 16.6 Å². The van der Waals surface area contributed by atoms with Gasteiger partial charge in [0.05, 0.1) is 6.54 Å². The number of halogens is 2. The highest BCUT2D eigenvalue weighted by molar-refractivity contribution is 7.89. The number of hydrogen-bond acceptors (Lipinski definition) is 5. The fourth-order valence-corrected chi connectivity index (χ4v) is 3.28. The van der Waals surface area contributed by atoms with Crippen molar-refractivity contribution in [3.63, 3.8) is 0 Å². The summed E-state index contributed by atoms with van der Waals surface area (Å²) in [6.07, 6.45) is 3.17. The van der Waals surface area contributed by atoms with Gasteiger partial charge < -0.3 is 0 Å². The third kappa shape index (κ3) is 3.83. The van der Waals surface area contributed by atoms with Gasteiger partial charge in [0, 0.05) is 25.0 Å². The summed E-state index contributed by atoms with van der Waals surface area (Å²) >= 11 is 0. The Labute approximate surface area is 146 Å². The van der Waals surface area contributed by atoms with Crippen molar-refractivity contribution in [3.8, 4) is 5.82 Å². The van der Waals surface area contributed by atoms with Crippen molar-refractivity contribution in [2.75, 3.05) is 6.54 Å². The summed E-state index contributed by atoms with van der Waals surface area (Å²) in [5.74, 6) is -1.58. The molecular weight excluding hydrogens is 368 g/mol. The second-order valence-electron chi connectivity index (χ2n) is 5.18.